The molecule has 0 fully saturated rings. The molecule has 0 bridgehead atoms. The molecule has 1 aromatic heterocycles. The number of nitrogens with two attached hydrogens (primary N) is 1. The first-order chi connectivity index (χ1) is 7.83. The van der Waals surface area contributed by atoms with Crippen LogP contribution in [0.3, 0.4) is 0 Å². The summed E-state index contributed by atoms with van der Waals surface area (Å²) in [4.78, 5) is 8.16. The number of nitrogens with zero attached hydrogens (tertiary/aromatic N) is 2. The van der Waals surface area contributed by atoms with Gasteiger partial charge in [0.15, 0.2) is 0 Å². The maximum absolute atomic E-state index is 5.55. The van der Waals surface area contributed by atoms with E-state index in [1.54, 1.807) is 12.3 Å². The van der Waals surface area contributed by atoms with Crippen LogP contribution in [0.5, 0.6) is 0 Å². The molecule has 3 N–H and O–H groups in total. The third kappa shape index (κ3) is 5.53. The second-order valence-corrected chi connectivity index (χ2v) is 4.00. The predicted molar refractivity (Wildman–Crippen MR) is 68.3 cm³/mol. The summed E-state index contributed by atoms with van der Waals surface area (Å²) in [5.74, 6) is 1.15. The molecule has 0 saturated carbocycles. The molecule has 1 heterocycles. The molecule has 0 unspecified atom stereocenters. The Hall–Kier alpha value is -1.32. The molecule has 90 valence electrons. The van der Waals surface area contributed by atoms with Crippen molar-refractivity contribution in [2.24, 2.45) is 0 Å². The molecule has 0 saturated heterocycles. The van der Waals surface area contributed by atoms with E-state index in [4.69, 9.17) is 5.73 Å². The van der Waals surface area contributed by atoms with Crippen LogP contribution >= 0.6 is 0 Å². The van der Waals surface area contributed by atoms with E-state index in [0.717, 1.165) is 6.54 Å². The number of hydrogen-bond donors (Lipinski definition) is 2. The van der Waals surface area contributed by atoms with Crippen molar-refractivity contribution in [3.05, 3.63) is 12.3 Å². The highest BCUT2D eigenvalue weighted by Crippen LogP contribution is 2.06. The van der Waals surface area contributed by atoms with Crippen molar-refractivity contribution >= 4 is 11.8 Å². The number of rotatable bonds is 8. The van der Waals surface area contributed by atoms with Gasteiger partial charge in [-0.1, -0.05) is 39.0 Å². The molecule has 0 amide bonds. The predicted octanol–water partition coefficient (Wildman–Crippen LogP) is 2.83. The first kappa shape index (κ1) is 12.7. The topological polar surface area (TPSA) is 63.8 Å². The molecule has 0 radical (unpaired) electrons. The maximum atomic E-state index is 5.55. The quantitative estimate of drug-likeness (QED) is 0.664. The fourth-order valence-corrected chi connectivity index (χ4v) is 1.56. The highest BCUT2D eigenvalue weighted by molar-refractivity contribution is 5.34. The number of nitrogen functional groups attached to an aromatic ring is 1. The lowest BCUT2D eigenvalue weighted by atomic mass is 10.1. The first-order valence-electron chi connectivity index (χ1n) is 6.15. The van der Waals surface area contributed by atoms with E-state index in [1.165, 1.54) is 38.5 Å². The molecule has 0 aliphatic heterocycles. The number of nitrogens with one attached hydrogen (secondary N) is 1. The second-order valence-electron chi connectivity index (χ2n) is 4.00. The van der Waals surface area contributed by atoms with Crippen LogP contribution in [0.2, 0.25) is 0 Å². The van der Waals surface area contributed by atoms with Gasteiger partial charge in [0.25, 0.3) is 0 Å². The Bertz CT molecular complexity index is 288. The van der Waals surface area contributed by atoms with Gasteiger partial charge in [-0.3, -0.25) is 0 Å². The van der Waals surface area contributed by atoms with E-state index < -0.39 is 0 Å². The van der Waals surface area contributed by atoms with Crippen LogP contribution in [-0.4, -0.2) is 16.5 Å². The average molecular weight is 222 g/mol. The van der Waals surface area contributed by atoms with E-state index >= 15 is 0 Å². The number of anilines is 2. The molecule has 0 aliphatic rings. The fraction of sp³-hybridized carbons (Fsp3) is 0.667. The number of hydrogen-bond acceptors (Lipinski definition) is 4. The van der Waals surface area contributed by atoms with Crippen molar-refractivity contribution in [3.63, 3.8) is 0 Å². The molecule has 1 rings (SSSR count). The van der Waals surface area contributed by atoms with Crippen LogP contribution in [0.15, 0.2) is 12.3 Å². The zero-order valence-corrected chi connectivity index (χ0v) is 10.1. The van der Waals surface area contributed by atoms with E-state index in [0.29, 0.717) is 11.8 Å². The van der Waals surface area contributed by atoms with Crippen LogP contribution in [0.1, 0.15) is 45.4 Å². The van der Waals surface area contributed by atoms with Crippen molar-refractivity contribution < 1.29 is 0 Å². The van der Waals surface area contributed by atoms with Crippen LogP contribution < -0.4 is 11.1 Å². The van der Waals surface area contributed by atoms with Gasteiger partial charge in [0.2, 0.25) is 5.95 Å². The Balaban J connectivity index is 2.03. The smallest absolute Gasteiger partial charge is 0.224 e. The summed E-state index contributed by atoms with van der Waals surface area (Å²) in [6.07, 6.45) is 9.45. The first-order valence-corrected chi connectivity index (χ1v) is 6.15. The maximum Gasteiger partial charge on any atom is 0.224 e. The molecular weight excluding hydrogens is 200 g/mol. The van der Waals surface area contributed by atoms with Gasteiger partial charge in [-0.2, -0.15) is 4.98 Å². The Morgan fingerprint density at radius 1 is 1.19 bits per heavy atom. The number of unbranched alkanes of at least 4 members (excludes halogenated alkanes) is 5. The third-order valence-electron chi connectivity index (χ3n) is 2.49. The molecule has 0 atom stereocenters. The second kappa shape index (κ2) is 7.91. The minimum absolute atomic E-state index is 0.514. The monoisotopic (exact) mass is 222 g/mol. The highest BCUT2D eigenvalue weighted by atomic mass is 15.1. The summed E-state index contributed by atoms with van der Waals surface area (Å²) in [6.45, 7) is 3.16. The number of aromatic nitrogens is 2. The Labute approximate surface area is 97.7 Å². The van der Waals surface area contributed by atoms with Crippen LogP contribution in [0.4, 0.5) is 11.8 Å². The van der Waals surface area contributed by atoms with Gasteiger partial charge in [0.1, 0.15) is 5.82 Å². The molecule has 16 heavy (non-hydrogen) atoms. The highest BCUT2D eigenvalue weighted by Gasteiger charge is 1.95. The third-order valence-corrected chi connectivity index (χ3v) is 2.49. The Morgan fingerprint density at radius 3 is 2.69 bits per heavy atom. The van der Waals surface area contributed by atoms with E-state index in [9.17, 15) is 0 Å². The lowest BCUT2D eigenvalue weighted by molar-refractivity contribution is 0.616. The van der Waals surface area contributed by atoms with E-state index in [2.05, 4.69) is 22.2 Å². The molecular formula is C12H22N4. The zero-order chi connectivity index (χ0) is 11.6. The van der Waals surface area contributed by atoms with Crippen LogP contribution in [0, 0.1) is 0 Å². The molecule has 0 aromatic carbocycles. The van der Waals surface area contributed by atoms with Crippen LogP contribution in [-0.2, 0) is 0 Å². The lowest BCUT2D eigenvalue weighted by Gasteiger charge is -2.04. The van der Waals surface area contributed by atoms with Gasteiger partial charge >= 0.3 is 0 Å². The lowest BCUT2D eigenvalue weighted by Crippen LogP contribution is -2.06. The normalized spacial score (nSPS) is 10.3. The van der Waals surface area contributed by atoms with Crippen molar-refractivity contribution in [2.45, 2.75) is 45.4 Å². The van der Waals surface area contributed by atoms with Gasteiger partial charge in [-0.15, -0.1) is 0 Å². The molecule has 0 spiro atoms. The SMILES string of the molecule is CCCCCCCCNc1nccc(N)n1. The average Bonchev–Trinajstić information content (AvgIpc) is 2.28. The molecule has 1 aromatic rings. The largest absolute Gasteiger partial charge is 0.384 e. The summed E-state index contributed by atoms with van der Waals surface area (Å²) in [5.41, 5.74) is 5.55. The Kier molecular flexibility index (Phi) is 6.30. The van der Waals surface area contributed by atoms with Crippen molar-refractivity contribution in [3.8, 4) is 0 Å². The van der Waals surface area contributed by atoms with E-state index in [1.807, 2.05) is 0 Å². The fourth-order valence-electron chi connectivity index (χ4n) is 1.56. The van der Waals surface area contributed by atoms with Gasteiger partial charge in [-0.05, 0) is 12.5 Å². The van der Waals surface area contributed by atoms with Crippen molar-refractivity contribution in [1.82, 2.24) is 9.97 Å². The van der Waals surface area contributed by atoms with Crippen molar-refractivity contribution in [1.29, 1.82) is 0 Å². The van der Waals surface area contributed by atoms with Crippen LogP contribution in [0.25, 0.3) is 0 Å². The molecule has 0 aliphatic carbocycles. The summed E-state index contributed by atoms with van der Waals surface area (Å²) in [6, 6.07) is 1.69. The summed E-state index contributed by atoms with van der Waals surface area (Å²) in [5, 5.41) is 3.17. The van der Waals surface area contributed by atoms with Gasteiger partial charge < -0.3 is 11.1 Å². The van der Waals surface area contributed by atoms with Gasteiger partial charge in [0, 0.05) is 12.7 Å². The van der Waals surface area contributed by atoms with Crippen molar-refractivity contribution in [2.75, 3.05) is 17.6 Å². The Morgan fingerprint density at radius 2 is 1.94 bits per heavy atom. The molecule has 4 heteroatoms. The van der Waals surface area contributed by atoms with E-state index in [-0.39, 0.29) is 0 Å². The summed E-state index contributed by atoms with van der Waals surface area (Å²) >= 11 is 0. The van der Waals surface area contributed by atoms with Gasteiger partial charge in [-0.25, -0.2) is 4.98 Å². The minimum Gasteiger partial charge on any atom is -0.384 e. The summed E-state index contributed by atoms with van der Waals surface area (Å²) in [7, 11) is 0. The summed E-state index contributed by atoms with van der Waals surface area (Å²) < 4.78 is 0. The standard InChI is InChI=1S/C12H22N4/c1-2-3-4-5-6-7-9-14-12-15-10-8-11(13)16-12/h8,10H,2-7,9H2,1H3,(H3,13,14,15,16). The molecule has 4 nitrogen and oxygen atoms in total. The van der Waals surface area contributed by atoms with Gasteiger partial charge in [0.05, 0.1) is 0 Å². The zero-order valence-electron chi connectivity index (χ0n) is 10.1. The minimum atomic E-state index is 0.514.